The fraction of sp³-hybridized carbons (Fsp3) is 0.176. The van der Waals surface area contributed by atoms with Crippen molar-refractivity contribution in [3.8, 4) is 10.6 Å². The Bertz CT molecular complexity index is 1290. The van der Waals surface area contributed by atoms with Gasteiger partial charge in [0.25, 0.3) is 5.56 Å². The van der Waals surface area contributed by atoms with Crippen LogP contribution in [-0.4, -0.2) is 23.7 Å². The van der Waals surface area contributed by atoms with Crippen LogP contribution in [0.1, 0.15) is 5.69 Å². The number of halogens is 2. The maximum Gasteiger partial charge on any atom is 0.332 e. The summed E-state index contributed by atoms with van der Waals surface area (Å²) in [6.45, 7) is 0.223. The van der Waals surface area contributed by atoms with Gasteiger partial charge in [0, 0.05) is 25.0 Å². The number of fused-ring (bicyclic) bond motifs is 1. The molecule has 0 fully saturated rings. The van der Waals surface area contributed by atoms with Crippen molar-refractivity contribution in [1.29, 1.82) is 0 Å². The van der Waals surface area contributed by atoms with E-state index in [1.54, 1.807) is 12.1 Å². The Labute approximate surface area is 160 Å². The number of thiazole rings is 1. The van der Waals surface area contributed by atoms with Gasteiger partial charge in [0.05, 0.1) is 12.2 Å². The van der Waals surface area contributed by atoms with Crippen LogP contribution in [0.2, 0.25) is 5.28 Å². The lowest BCUT2D eigenvalue weighted by atomic mass is 10.2. The van der Waals surface area contributed by atoms with Gasteiger partial charge in [-0.25, -0.2) is 14.2 Å². The fourth-order valence-corrected chi connectivity index (χ4v) is 3.87. The molecule has 0 amide bonds. The second kappa shape index (κ2) is 6.43. The van der Waals surface area contributed by atoms with Gasteiger partial charge in [-0.05, 0) is 35.9 Å². The molecule has 0 saturated carbocycles. The second-order valence-electron chi connectivity index (χ2n) is 6.00. The van der Waals surface area contributed by atoms with Crippen molar-refractivity contribution in [2.75, 3.05) is 0 Å². The average molecular weight is 406 g/mol. The van der Waals surface area contributed by atoms with Crippen molar-refractivity contribution < 1.29 is 4.39 Å². The predicted molar refractivity (Wildman–Crippen MR) is 102 cm³/mol. The van der Waals surface area contributed by atoms with Gasteiger partial charge in [-0.2, -0.15) is 4.98 Å². The van der Waals surface area contributed by atoms with Crippen LogP contribution in [0.5, 0.6) is 0 Å². The van der Waals surface area contributed by atoms with Crippen LogP contribution >= 0.6 is 22.9 Å². The highest BCUT2D eigenvalue weighted by Gasteiger charge is 2.19. The summed E-state index contributed by atoms with van der Waals surface area (Å²) in [5, 5.41) is 2.67. The quantitative estimate of drug-likeness (QED) is 0.490. The van der Waals surface area contributed by atoms with Gasteiger partial charge in [0.15, 0.2) is 11.2 Å². The van der Waals surface area contributed by atoms with E-state index in [4.69, 9.17) is 11.6 Å². The number of hydrogen-bond donors (Lipinski definition) is 0. The average Bonchev–Trinajstić information content (AvgIpc) is 3.24. The molecule has 0 aliphatic carbocycles. The van der Waals surface area contributed by atoms with Crippen molar-refractivity contribution in [3.63, 3.8) is 0 Å². The third kappa shape index (κ3) is 2.88. The van der Waals surface area contributed by atoms with E-state index in [0.717, 1.165) is 15.1 Å². The lowest BCUT2D eigenvalue weighted by molar-refractivity contribution is 0.628. The van der Waals surface area contributed by atoms with E-state index in [0.29, 0.717) is 5.69 Å². The Kier molecular flexibility index (Phi) is 4.20. The van der Waals surface area contributed by atoms with Gasteiger partial charge < -0.3 is 4.57 Å². The Morgan fingerprint density at radius 2 is 1.81 bits per heavy atom. The Morgan fingerprint density at radius 3 is 2.52 bits per heavy atom. The minimum atomic E-state index is -0.471. The molecule has 138 valence electrons. The molecule has 0 spiro atoms. The van der Waals surface area contributed by atoms with Crippen LogP contribution < -0.4 is 11.2 Å². The van der Waals surface area contributed by atoms with E-state index in [9.17, 15) is 14.0 Å². The minimum absolute atomic E-state index is 0.0969. The zero-order valence-corrected chi connectivity index (χ0v) is 15.9. The Balaban J connectivity index is 1.79. The van der Waals surface area contributed by atoms with Gasteiger partial charge in [-0.3, -0.25) is 13.9 Å². The third-order valence-electron chi connectivity index (χ3n) is 4.26. The molecule has 0 aliphatic heterocycles. The SMILES string of the molecule is Cn1c(=O)c2c(nc(Cl)n2Cc2csc(-c3ccc(F)cc3)n2)n(C)c1=O. The van der Waals surface area contributed by atoms with Crippen LogP contribution in [-0.2, 0) is 20.6 Å². The highest BCUT2D eigenvalue weighted by molar-refractivity contribution is 7.13. The summed E-state index contributed by atoms with van der Waals surface area (Å²) >= 11 is 7.64. The molecule has 4 rings (SSSR count). The molecule has 0 atom stereocenters. The lowest BCUT2D eigenvalue weighted by Crippen LogP contribution is -2.37. The highest BCUT2D eigenvalue weighted by Crippen LogP contribution is 2.25. The summed E-state index contributed by atoms with van der Waals surface area (Å²) in [6, 6.07) is 6.06. The zero-order valence-electron chi connectivity index (χ0n) is 14.3. The van der Waals surface area contributed by atoms with Crippen molar-refractivity contribution in [1.82, 2.24) is 23.7 Å². The van der Waals surface area contributed by atoms with E-state index in [-0.39, 0.29) is 28.8 Å². The minimum Gasteiger partial charge on any atom is -0.303 e. The van der Waals surface area contributed by atoms with Crippen LogP contribution in [0.4, 0.5) is 4.39 Å². The normalized spacial score (nSPS) is 11.4. The molecule has 0 aliphatic rings. The molecular weight excluding hydrogens is 393 g/mol. The number of aryl methyl sites for hydroxylation is 1. The summed E-state index contributed by atoms with van der Waals surface area (Å²) in [4.78, 5) is 33.3. The number of rotatable bonds is 3. The Hall–Kier alpha value is -2.78. The second-order valence-corrected chi connectivity index (χ2v) is 7.19. The Morgan fingerprint density at radius 1 is 1.11 bits per heavy atom. The number of benzene rings is 1. The standard InChI is InChI=1S/C17H13ClFN5O2S/c1-22-13-12(15(25)23(2)17(22)26)24(16(18)21-13)7-11-8-27-14(20-11)9-3-5-10(19)6-4-9/h3-6,8H,7H2,1-2H3. The molecule has 3 heterocycles. The van der Waals surface area contributed by atoms with Crippen LogP contribution in [0.3, 0.4) is 0 Å². The zero-order chi connectivity index (χ0) is 19.3. The van der Waals surface area contributed by atoms with Crippen molar-refractivity contribution in [3.05, 3.63) is 67.3 Å². The first-order valence-electron chi connectivity index (χ1n) is 7.89. The molecule has 10 heteroatoms. The highest BCUT2D eigenvalue weighted by atomic mass is 35.5. The van der Waals surface area contributed by atoms with Gasteiger partial charge in [-0.1, -0.05) is 0 Å². The van der Waals surface area contributed by atoms with Gasteiger partial charge in [0.2, 0.25) is 5.28 Å². The van der Waals surface area contributed by atoms with Crippen molar-refractivity contribution in [2.24, 2.45) is 14.1 Å². The van der Waals surface area contributed by atoms with Crippen LogP contribution in [0, 0.1) is 5.82 Å². The van der Waals surface area contributed by atoms with Gasteiger partial charge >= 0.3 is 5.69 Å². The van der Waals surface area contributed by atoms with Crippen molar-refractivity contribution in [2.45, 2.75) is 6.54 Å². The van der Waals surface area contributed by atoms with Crippen LogP contribution in [0.15, 0.2) is 39.2 Å². The van der Waals surface area contributed by atoms with E-state index in [1.807, 2.05) is 5.38 Å². The summed E-state index contributed by atoms with van der Waals surface area (Å²) in [6.07, 6.45) is 0. The molecule has 27 heavy (non-hydrogen) atoms. The van der Waals surface area contributed by atoms with E-state index in [1.165, 1.54) is 46.7 Å². The molecule has 1 aromatic carbocycles. The largest absolute Gasteiger partial charge is 0.332 e. The number of aromatic nitrogens is 5. The monoisotopic (exact) mass is 405 g/mol. The molecule has 0 radical (unpaired) electrons. The van der Waals surface area contributed by atoms with Gasteiger partial charge in [0.1, 0.15) is 10.8 Å². The summed E-state index contributed by atoms with van der Waals surface area (Å²) in [7, 11) is 2.94. The molecular formula is C17H13ClFN5O2S. The molecule has 0 saturated heterocycles. The molecule has 0 N–H and O–H groups in total. The number of nitrogens with zero attached hydrogens (tertiary/aromatic N) is 5. The first kappa shape index (κ1) is 17.6. The smallest absolute Gasteiger partial charge is 0.303 e. The number of hydrogen-bond acceptors (Lipinski definition) is 5. The molecule has 3 aromatic heterocycles. The summed E-state index contributed by atoms with van der Waals surface area (Å²) < 4.78 is 16.9. The van der Waals surface area contributed by atoms with Crippen LogP contribution in [0.25, 0.3) is 21.7 Å². The maximum atomic E-state index is 13.1. The number of imidazole rings is 1. The first-order chi connectivity index (χ1) is 12.9. The third-order valence-corrected chi connectivity index (χ3v) is 5.49. The van der Waals surface area contributed by atoms with E-state index >= 15 is 0 Å². The van der Waals surface area contributed by atoms with Gasteiger partial charge in [-0.15, -0.1) is 11.3 Å². The summed E-state index contributed by atoms with van der Waals surface area (Å²) in [5.74, 6) is -0.311. The summed E-state index contributed by atoms with van der Waals surface area (Å²) in [5.41, 5.74) is 0.995. The first-order valence-corrected chi connectivity index (χ1v) is 9.14. The molecule has 0 unspecified atom stereocenters. The topological polar surface area (TPSA) is 74.7 Å². The lowest BCUT2D eigenvalue weighted by Gasteiger charge is -2.06. The molecule has 4 aromatic rings. The predicted octanol–water partition coefficient (Wildman–Crippen LogP) is 2.40. The maximum absolute atomic E-state index is 13.1. The van der Waals surface area contributed by atoms with E-state index in [2.05, 4.69) is 9.97 Å². The fourth-order valence-electron chi connectivity index (χ4n) is 2.83. The van der Waals surface area contributed by atoms with Crippen molar-refractivity contribution >= 4 is 34.1 Å². The molecule has 0 bridgehead atoms. The molecule has 7 nitrogen and oxygen atoms in total. The van der Waals surface area contributed by atoms with E-state index < -0.39 is 11.2 Å².